The molecule has 0 bridgehead atoms. The van der Waals surface area contributed by atoms with Gasteiger partial charge in [-0.1, -0.05) is 12.1 Å². The van der Waals surface area contributed by atoms with Crippen molar-refractivity contribution in [3.63, 3.8) is 0 Å². The van der Waals surface area contributed by atoms with E-state index in [1.807, 2.05) is 6.07 Å². The van der Waals surface area contributed by atoms with Crippen molar-refractivity contribution in [2.45, 2.75) is 32.1 Å². The molecule has 0 radical (unpaired) electrons. The number of hydrogen-bond acceptors (Lipinski definition) is 1. The maximum atomic E-state index is 12.9. The molecular weight excluding hydrogens is 191 g/mol. The van der Waals surface area contributed by atoms with E-state index in [0.717, 1.165) is 24.8 Å². The van der Waals surface area contributed by atoms with Gasteiger partial charge in [-0.3, -0.25) is 4.79 Å². The van der Waals surface area contributed by atoms with Gasteiger partial charge in [0.2, 0.25) is 0 Å². The topological polar surface area (TPSA) is 17.1 Å². The zero-order valence-corrected chi connectivity index (χ0v) is 8.71. The summed E-state index contributed by atoms with van der Waals surface area (Å²) < 4.78 is 12.9. The second kappa shape index (κ2) is 4.56. The molecule has 0 N–H and O–H groups in total. The molecule has 15 heavy (non-hydrogen) atoms. The van der Waals surface area contributed by atoms with Crippen molar-refractivity contribution in [1.82, 2.24) is 0 Å². The number of hydrogen-bond donors (Lipinski definition) is 0. The molecule has 0 atom stereocenters. The number of carbonyl (C=O) groups is 1. The average molecular weight is 206 g/mol. The number of carbonyl (C=O) groups excluding carboxylic acids is 1. The van der Waals surface area contributed by atoms with Crippen molar-refractivity contribution < 1.29 is 9.18 Å². The highest BCUT2D eigenvalue weighted by Gasteiger charge is 2.18. The summed E-state index contributed by atoms with van der Waals surface area (Å²) in [6, 6.07) is 6.77. The van der Waals surface area contributed by atoms with Crippen LogP contribution in [0.5, 0.6) is 0 Å². The lowest BCUT2D eigenvalue weighted by Gasteiger charge is -2.20. The van der Waals surface area contributed by atoms with Gasteiger partial charge in [-0.2, -0.15) is 0 Å². The maximum absolute atomic E-state index is 12.9. The Bertz CT molecular complexity index is 349. The lowest BCUT2D eigenvalue weighted by Crippen LogP contribution is -2.15. The molecule has 0 spiro atoms. The zero-order chi connectivity index (χ0) is 10.7. The van der Waals surface area contributed by atoms with E-state index in [0.29, 0.717) is 24.5 Å². The Morgan fingerprint density at radius 3 is 2.67 bits per heavy atom. The van der Waals surface area contributed by atoms with E-state index >= 15 is 0 Å². The molecule has 1 aliphatic rings. The maximum Gasteiger partial charge on any atom is 0.132 e. The molecule has 1 saturated carbocycles. The first-order valence-corrected chi connectivity index (χ1v) is 5.50. The number of benzene rings is 1. The van der Waals surface area contributed by atoms with Crippen LogP contribution in [0.2, 0.25) is 0 Å². The Labute approximate surface area is 89.3 Å². The normalized spacial score (nSPS) is 18.1. The number of Topliss-reactive ketones (excluding diaryl/α,β-unsaturated/α-hetero) is 1. The molecule has 80 valence electrons. The molecule has 2 rings (SSSR count). The van der Waals surface area contributed by atoms with Gasteiger partial charge in [0.1, 0.15) is 11.6 Å². The van der Waals surface area contributed by atoms with Gasteiger partial charge in [0.15, 0.2) is 0 Å². The van der Waals surface area contributed by atoms with Gasteiger partial charge in [-0.25, -0.2) is 4.39 Å². The van der Waals surface area contributed by atoms with Crippen LogP contribution in [0.3, 0.4) is 0 Å². The average Bonchev–Trinajstić information content (AvgIpc) is 2.22. The van der Waals surface area contributed by atoms with Crippen LogP contribution >= 0.6 is 0 Å². The summed E-state index contributed by atoms with van der Waals surface area (Å²) in [4.78, 5) is 11.1. The van der Waals surface area contributed by atoms with E-state index in [2.05, 4.69) is 0 Å². The third kappa shape index (κ3) is 2.88. The van der Waals surface area contributed by atoms with Crippen molar-refractivity contribution in [3.8, 4) is 0 Å². The molecule has 2 heteroatoms. The Hall–Kier alpha value is -1.18. The number of halogens is 1. The minimum absolute atomic E-state index is 0.167. The minimum atomic E-state index is -0.167. The molecule has 0 aromatic heterocycles. The van der Waals surface area contributed by atoms with E-state index < -0.39 is 0 Å². The number of ketones is 1. The molecule has 0 amide bonds. The van der Waals surface area contributed by atoms with Gasteiger partial charge in [-0.15, -0.1) is 0 Å². The predicted octanol–water partition coefficient (Wildman–Crippen LogP) is 3.13. The molecule has 0 unspecified atom stereocenters. The fourth-order valence-electron chi connectivity index (χ4n) is 2.20. The highest BCUT2D eigenvalue weighted by molar-refractivity contribution is 5.79. The Morgan fingerprint density at radius 2 is 2.00 bits per heavy atom. The van der Waals surface area contributed by atoms with Gasteiger partial charge in [-0.05, 0) is 42.9 Å². The molecule has 1 nitrogen and oxygen atoms in total. The van der Waals surface area contributed by atoms with Crippen LogP contribution < -0.4 is 0 Å². The first-order valence-electron chi connectivity index (χ1n) is 5.50. The standard InChI is InChI=1S/C13H15FO/c14-12-3-1-2-11(9-12)8-10-4-6-13(15)7-5-10/h1-3,9-10H,4-8H2. The van der Waals surface area contributed by atoms with Gasteiger partial charge >= 0.3 is 0 Å². The zero-order valence-electron chi connectivity index (χ0n) is 8.71. The lowest BCUT2D eigenvalue weighted by molar-refractivity contribution is -0.121. The van der Waals surface area contributed by atoms with E-state index in [-0.39, 0.29) is 5.82 Å². The van der Waals surface area contributed by atoms with Gasteiger partial charge in [0, 0.05) is 12.8 Å². The third-order valence-electron chi connectivity index (χ3n) is 3.08. The molecule has 1 aromatic carbocycles. The summed E-state index contributed by atoms with van der Waals surface area (Å²) in [5, 5.41) is 0. The predicted molar refractivity (Wildman–Crippen MR) is 57.1 cm³/mol. The fraction of sp³-hybridized carbons (Fsp3) is 0.462. The van der Waals surface area contributed by atoms with E-state index in [1.54, 1.807) is 12.1 Å². The Kier molecular flexibility index (Phi) is 3.14. The Morgan fingerprint density at radius 1 is 1.27 bits per heavy atom. The van der Waals surface area contributed by atoms with Gasteiger partial charge in [0.05, 0.1) is 0 Å². The van der Waals surface area contributed by atoms with Crippen molar-refractivity contribution in [3.05, 3.63) is 35.6 Å². The second-order valence-corrected chi connectivity index (χ2v) is 4.32. The number of rotatable bonds is 2. The monoisotopic (exact) mass is 206 g/mol. The first kappa shape index (κ1) is 10.3. The largest absolute Gasteiger partial charge is 0.300 e. The third-order valence-corrected chi connectivity index (χ3v) is 3.08. The molecular formula is C13H15FO. The van der Waals surface area contributed by atoms with Gasteiger partial charge < -0.3 is 0 Å². The van der Waals surface area contributed by atoms with Crippen molar-refractivity contribution in [2.24, 2.45) is 5.92 Å². The summed E-state index contributed by atoms with van der Waals surface area (Å²) in [6.45, 7) is 0. The quantitative estimate of drug-likeness (QED) is 0.726. The molecule has 0 saturated heterocycles. The fourth-order valence-corrected chi connectivity index (χ4v) is 2.20. The minimum Gasteiger partial charge on any atom is -0.300 e. The van der Waals surface area contributed by atoms with Gasteiger partial charge in [0.25, 0.3) is 0 Å². The van der Waals surface area contributed by atoms with Crippen molar-refractivity contribution >= 4 is 5.78 Å². The van der Waals surface area contributed by atoms with E-state index in [1.165, 1.54) is 6.07 Å². The molecule has 1 fully saturated rings. The van der Waals surface area contributed by atoms with E-state index in [4.69, 9.17) is 0 Å². The molecule has 1 aromatic rings. The van der Waals surface area contributed by atoms with Crippen molar-refractivity contribution in [2.75, 3.05) is 0 Å². The van der Waals surface area contributed by atoms with Crippen LogP contribution in [0.15, 0.2) is 24.3 Å². The highest BCUT2D eigenvalue weighted by Crippen LogP contribution is 2.25. The molecule has 0 heterocycles. The molecule has 1 aliphatic carbocycles. The lowest BCUT2D eigenvalue weighted by atomic mass is 9.84. The summed E-state index contributed by atoms with van der Waals surface area (Å²) >= 11 is 0. The van der Waals surface area contributed by atoms with Crippen LogP contribution in [0.25, 0.3) is 0 Å². The summed E-state index contributed by atoms with van der Waals surface area (Å²) in [6.07, 6.45) is 4.26. The SMILES string of the molecule is O=C1CCC(Cc2cccc(F)c2)CC1. The van der Waals surface area contributed by atoms with Crippen molar-refractivity contribution in [1.29, 1.82) is 0 Å². The summed E-state index contributed by atoms with van der Waals surface area (Å²) in [5.41, 5.74) is 1.05. The van der Waals surface area contributed by atoms with Crippen LogP contribution in [0.1, 0.15) is 31.2 Å². The molecule has 0 aliphatic heterocycles. The Balaban J connectivity index is 1.94. The van der Waals surface area contributed by atoms with E-state index in [9.17, 15) is 9.18 Å². The smallest absolute Gasteiger partial charge is 0.132 e. The van der Waals surface area contributed by atoms with Crippen LogP contribution in [-0.4, -0.2) is 5.78 Å². The first-order chi connectivity index (χ1) is 7.24. The summed E-state index contributed by atoms with van der Waals surface area (Å²) in [5.74, 6) is 0.773. The highest BCUT2D eigenvalue weighted by atomic mass is 19.1. The van der Waals surface area contributed by atoms with Crippen LogP contribution in [-0.2, 0) is 11.2 Å². The van der Waals surface area contributed by atoms with Crippen LogP contribution in [0.4, 0.5) is 4.39 Å². The summed E-state index contributed by atoms with van der Waals surface area (Å²) in [7, 11) is 0. The van der Waals surface area contributed by atoms with Crippen LogP contribution in [0, 0.1) is 11.7 Å². The second-order valence-electron chi connectivity index (χ2n) is 4.32.